The summed E-state index contributed by atoms with van der Waals surface area (Å²) in [4.78, 5) is 14.5. The van der Waals surface area contributed by atoms with E-state index in [4.69, 9.17) is 0 Å². The van der Waals surface area contributed by atoms with Crippen molar-refractivity contribution in [2.75, 3.05) is 0 Å². The van der Waals surface area contributed by atoms with Crippen molar-refractivity contribution in [3.05, 3.63) is 70.9 Å². The summed E-state index contributed by atoms with van der Waals surface area (Å²) >= 11 is 0. The topological polar surface area (TPSA) is 53.1 Å². The van der Waals surface area contributed by atoms with Crippen LogP contribution in [0.25, 0.3) is 10.9 Å². The molecule has 0 aliphatic rings. The average molecular weight is 329 g/mol. The maximum atomic E-state index is 14.2. The Bertz CT molecular complexity index is 902. The van der Waals surface area contributed by atoms with Crippen molar-refractivity contribution < 1.29 is 18.7 Å². The Morgan fingerprint density at radius 1 is 1.21 bits per heavy atom. The fourth-order valence-corrected chi connectivity index (χ4v) is 3.17. The molecule has 1 heterocycles. The predicted octanol–water partition coefficient (Wildman–Crippen LogP) is 4.62. The van der Waals surface area contributed by atoms with Gasteiger partial charge in [-0.25, -0.2) is 8.78 Å². The smallest absolute Gasteiger partial charge is 0.304 e. The van der Waals surface area contributed by atoms with Gasteiger partial charge in [-0.2, -0.15) is 0 Å². The molecule has 3 nitrogen and oxygen atoms in total. The summed E-state index contributed by atoms with van der Waals surface area (Å²) < 4.78 is 27.5. The Hall–Kier alpha value is -2.69. The van der Waals surface area contributed by atoms with Gasteiger partial charge >= 0.3 is 5.97 Å². The van der Waals surface area contributed by atoms with E-state index in [0.29, 0.717) is 5.56 Å². The Kier molecular flexibility index (Phi) is 4.34. The summed E-state index contributed by atoms with van der Waals surface area (Å²) in [5.74, 6) is -3.14. The molecular formula is C19H17F2NO2. The van der Waals surface area contributed by atoms with Crippen molar-refractivity contribution >= 4 is 16.9 Å². The molecule has 5 heteroatoms. The number of fused-ring (bicyclic) bond motifs is 1. The lowest BCUT2D eigenvalue weighted by molar-refractivity contribution is -0.137. The fourth-order valence-electron chi connectivity index (χ4n) is 3.17. The van der Waals surface area contributed by atoms with Crippen LogP contribution in [-0.4, -0.2) is 16.1 Å². The molecule has 0 saturated carbocycles. The molecule has 3 rings (SSSR count). The Morgan fingerprint density at radius 2 is 2.00 bits per heavy atom. The van der Waals surface area contributed by atoms with Crippen LogP contribution in [0.4, 0.5) is 8.78 Å². The number of halogens is 2. The van der Waals surface area contributed by atoms with E-state index in [1.54, 1.807) is 6.20 Å². The van der Waals surface area contributed by atoms with Crippen molar-refractivity contribution in [3.63, 3.8) is 0 Å². The van der Waals surface area contributed by atoms with Gasteiger partial charge < -0.3 is 10.1 Å². The summed E-state index contributed by atoms with van der Waals surface area (Å²) in [5.41, 5.74) is 2.91. The van der Waals surface area contributed by atoms with E-state index >= 15 is 0 Å². The number of aromatic amines is 1. The van der Waals surface area contributed by atoms with Gasteiger partial charge in [-0.05, 0) is 29.2 Å². The molecular weight excluding hydrogens is 312 g/mol. The largest absolute Gasteiger partial charge is 0.481 e. The SMILES string of the molecule is CCc1cccc2c([C@@H](CC(=O)O)c3ccc(F)cc3F)c[nH]c12. The molecule has 0 unspecified atom stereocenters. The van der Waals surface area contributed by atoms with Crippen LogP contribution in [-0.2, 0) is 11.2 Å². The normalized spacial score (nSPS) is 12.5. The number of H-pyrrole nitrogens is 1. The maximum Gasteiger partial charge on any atom is 0.304 e. The summed E-state index contributed by atoms with van der Waals surface area (Å²) in [6.45, 7) is 2.03. The van der Waals surface area contributed by atoms with Crippen LogP contribution in [0.3, 0.4) is 0 Å². The zero-order valence-electron chi connectivity index (χ0n) is 13.1. The molecule has 0 saturated heterocycles. The molecule has 0 bridgehead atoms. The van der Waals surface area contributed by atoms with E-state index in [0.717, 1.165) is 35.0 Å². The van der Waals surface area contributed by atoms with E-state index in [1.807, 2.05) is 25.1 Å². The molecule has 0 amide bonds. The van der Waals surface area contributed by atoms with Crippen LogP contribution in [0.1, 0.15) is 36.0 Å². The van der Waals surface area contributed by atoms with Crippen molar-refractivity contribution in [2.45, 2.75) is 25.7 Å². The maximum absolute atomic E-state index is 14.2. The minimum Gasteiger partial charge on any atom is -0.481 e. The summed E-state index contributed by atoms with van der Waals surface area (Å²) in [5, 5.41) is 10.1. The van der Waals surface area contributed by atoms with Crippen molar-refractivity contribution in [2.24, 2.45) is 0 Å². The second kappa shape index (κ2) is 6.43. The molecule has 0 aliphatic heterocycles. The molecule has 2 N–H and O–H groups in total. The number of benzene rings is 2. The third kappa shape index (κ3) is 2.89. The molecule has 0 spiro atoms. The molecule has 0 aliphatic carbocycles. The highest BCUT2D eigenvalue weighted by Gasteiger charge is 2.24. The Morgan fingerprint density at radius 3 is 2.67 bits per heavy atom. The number of rotatable bonds is 5. The molecule has 1 atom stereocenters. The average Bonchev–Trinajstić information content (AvgIpc) is 2.96. The summed E-state index contributed by atoms with van der Waals surface area (Å²) in [6, 6.07) is 9.04. The minimum absolute atomic E-state index is 0.182. The first kappa shape index (κ1) is 16.2. The van der Waals surface area contributed by atoms with Crippen LogP contribution in [0, 0.1) is 11.6 Å². The first-order valence-electron chi connectivity index (χ1n) is 7.76. The summed E-state index contributed by atoms with van der Waals surface area (Å²) in [6.07, 6.45) is 2.28. The van der Waals surface area contributed by atoms with E-state index in [1.165, 1.54) is 6.07 Å². The lowest BCUT2D eigenvalue weighted by Gasteiger charge is -2.16. The Labute approximate surface area is 137 Å². The number of carboxylic acids is 1. The number of aromatic nitrogens is 1. The van der Waals surface area contributed by atoms with Gasteiger partial charge in [-0.15, -0.1) is 0 Å². The van der Waals surface area contributed by atoms with E-state index < -0.39 is 23.5 Å². The number of para-hydroxylation sites is 1. The zero-order chi connectivity index (χ0) is 17.3. The highest BCUT2D eigenvalue weighted by atomic mass is 19.1. The molecule has 3 aromatic rings. The van der Waals surface area contributed by atoms with Crippen molar-refractivity contribution in [3.8, 4) is 0 Å². The number of carbonyl (C=O) groups is 1. The number of carboxylic acid groups (broad SMARTS) is 1. The van der Waals surface area contributed by atoms with Crippen LogP contribution in [0.15, 0.2) is 42.6 Å². The van der Waals surface area contributed by atoms with Gasteiger partial charge in [0.15, 0.2) is 0 Å². The van der Waals surface area contributed by atoms with Gasteiger partial charge in [0, 0.05) is 29.1 Å². The van der Waals surface area contributed by atoms with Gasteiger partial charge in [0.05, 0.1) is 6.42 Å². The highest BCUT2D eigenvalue weighted by molar-refractivity contribution is 5.87. The number of aryl methyl sites for hydroxylation is 1. The molecule has 0 fully saturated rings. The first-order chi connectivity index (χ1) is 11.5. The molecule has 0 radical (unpaired) electrons. The summed E-state index contributed by atoms with van der Waals surface area (Å²) in [7, 11) is 0. The number of hydrogen-bond donors (Lipinski definition) is 2. The van der Waals surface area contributed by atoms with Crippen LogP contribution >= 0.6 is 0 Å². The number of nitrogens with one attached hydrogen (secondary N) is 1. The molecule has 2 aromatic carbocycles. The monoisotopic (exact) mass is 329 g/mol. The van der Waals surface area contributed by atoms with Gasteiger partial charge in [0.2, 0.25) is 0 Å². The number of hydrogen-bond acceptors (Lipinski definition) is 1. The van der Waals surface area contributed by atoms with E-state index in [2.05, 4.69) is 4.98 Å². The van der Waals surface area contributed by atoms with Crippen molar-refractivity contribution in [1.82, 2.24) is 4.98 Å². The van der Waals surface area contributed by atoms with Crippen molar-refractivity contribution in [1.29, 1.82) is 0 Å². The van der Waals surface area contributed by atoms with Gasteiger partial charge in [-0.3, -0.25) is 4.79 Å². The number of aliphatic carboxylic acids is 1. The third-order valence-corrected chi connectivity index (χ3v) is 4.31. The lowest BCUT2D eigenvalue weighted by Crippen LogP contribution is -2.09. The van der Waals surface area contributed by atoms with Crippen LogP contribution < -0.4 is 0 Å². The highest BCUT2D eigenvalue weighted by Crippen LogP contribution is 2.35. The molecule has 124 valence electrons. The van der Waals surface area contributed by atoms with Crippen LogP contribution in [0.5, 0.6) is 0 Å². The quantitative estimate of drug-likeness (QED) is 0.718. The van der Waals surface area contributed by atoms with Gasteiger partial charge in [0.25, 0.3) is 0 Å². The minimum atomic E-state index is -1.04. The zero-order valence-corrected chi connectivity index (χ0v) is 13.1. The second-order valence-corrected chi connectivity index (χ2v) is 5.75. The molecule has 24 heavy (non-hydrogen) atoms. The van der Waals surface area contributed by atoms with E-state index in [-0.39, 0.29) is 12.0 Å². The standard InChI is InChI=1S/C19H17F2NO2/c1-2-11-4-3-5-14-16(10-22-19(11)14)15(9-18(23)24)13-7-6-12(20)8-17(13)21/h3-8,10,15,22H,2,9H2,1H3,(H,23,24)/t15-/m0/s1. The van der Waals surface area contributed by atoms with E-state index in [9.17, 15) is 18.7 Å². The second-order valence-electron chi connectivity index (χ2n) is 5.75. The van der Waals surface area contributed by atoms with Crippen LogP contribution in [0.2, 0.25) is 0 Å². The molecule has 1 aromatic heterocycles. The Balaban J connectivity index is 2.18. The van der Waals surface area contributed by atoms with Gasteiger partial charge in [-0.1, -0.05) is 31.2 Å². The first-order valence-corrected chi connectivity index (χ1v) is 7.76. The fraction of sp³-hybridized carbons (Fsp3) is 0.211. The third-order valence-electron chi connectivity index (χ3n) is 4.31. The van der Waals surface area contributed by atoms with Gasteiger partial charge in [0.1, 0.15) is 11.6 Å². The lowest BCUT2D eigenvalue weighted by atomic mass is 9.87. The predicted molar refractivity (Wildman–Crippen MR) is 88.1 cm³/mol.